The zero-order chi connectivity index (χ0) is 24.1. The van der Waals surface area contributed by atoms with Gasteiger partial charge in [-0.15, -0.1) is 0 Å². The minimum absolute atomic E-state index is 0.318. The average molecular weight is 467 g/mol. The van der Waals surface area contributed by atoms with Gasteiger partial charge < -0.3 is 19.9 Å². The molecular formula is C25H27FN4O4. The Morgan fingerprint density at radius 1 is 1.18 bits per heavy atom. The number of hydrogen-bond acceptors (Lipinski definition) is 7. The maximum atomic E-state index is 13.6. The van der Waals surface area contributed by atoms with Crippen LogP contribution in [-0.2, 0) is 6.54 Å². The molecule has 1 fully saturated rings. The summed E-state index contributed by atoms with van der Waals surface area (Å²) < 4.78 is 24.8. The largest absolute Gasteiger partial charge is 0.497 e. The molecule has 2 aromatic carbocycles. The minimum atomic E-state index is -0.924. The monoisotopic (exact) mass is 466 g/mol. The molecule has 4 atom stereocenters. The van der Waals surface area contributed by atoms with Crippen LogP contribution in [0.2, 0.25) is 0 Å². The highest BCUT2D eigenvalue weighted by atomic mass is 19.1. The van der Waals surface area contributed by atoms with Crippen molar-refractivity contribution in [1.29, 1.82) is 0 Å². The number of carbonyl (C=O) groups is 1. The lowest BCUT2D eigenvalue weighted by atomic mass is 10.1. The first-order valence-corrected chi connectivity index (χ1v) is 11.0. The van der Waals surface area contributed by atoms with E-state index in [9.17, 15) is 14.3 Å². The lowest BCUT2D eigenvalue weighted by molar-refractivity contribution is 0.0124. The molecule has 3 aromatic rings. The molecule has 1 saturated carbocycles. The number of amides is 1. The van der Waals surface area contributed by atoms with Gasteiger partial charge in [0, 0.05) is 19.0 Å². The summed E-state index contributed by atoms with van der Waals surface area (Å²) in [6.45, 7) is 0.529. The molecule has 2 N–H and O–H groups in total. The van der Waals surface area contributed by atoms with Crippen LogP contribution in [0.25, 0.3) is 0 Å². The fourth-order valence-electron chi connectivity index (χ4n) is 4.33. The van der Waals surface area contributed by atoms with Gasteiger partial charge in [0.1, 0.15) is 29.5 Å². The predicted molar refractivity (Wildman–Crippen MR) is 123 cm³/mol. The Balaban J connectivity index is 1.54. The molecule has 9 heteroatoms. The van der Waals surface area contributed by atoms with Crippen molar-refractivity contribution in [2.45, 2.75) is 37.3 Å². The average Bonchev–Trinajstić information content (AvgIpc) is 3.14. The van der Waals surface area contributed by atoms with Crippen molar-refractivity contribution in [3.8, 4) is 11.5 Å². The molecule has 0 saturated heterocycles. The number of nitrogens with one attached hydrogen (secondary N) is 1. The molecule has 1 heterocycles. The summed E-state index contributed by atoms with van der Waals surface area (Å²) in [5, 5.41) is 21.7. The van der Waals surface area contributed by atoms with E-state index in [1.807, 2.05) is 36.2 Å². The van der Waals surface area contributed by atoms with Crippen LogP contribution < -0.4 is 14.8 Å². The van der Waals surface area contributed by atoms with Gasteiger partial charge in [-0.3, -0.25) is 9.69 Å². The predicted octanol–water partition coefficient (Wildman–Crippen LogP) is 2.44. The van der Waals surface area contributed by atoms with Gasteiger partial charge in [0.15, 0.2) is 0 Å². The highest BCUT2D eigenvalue weighted by Gasteiger charge is 2.46. The fourth-order valence-corrected chi connectivity index (χ4v) is 4.33. The second-order valence-corrected chi connectivity index (χ2v) is 8.30. The number of likely N-dealkylation sites (N-methyl/N-ethyl adjacent to an activating group) is 1. The normalized spacial score (nSPS) is 21.9. The molecule has 4 rings (SSSR count). The second kappa shape index (κ2) is 10.6. The van der Waals surface area contributed by atoms with Gasteiger partial charge in [-0.05, 0) is 42.9 Å². The lowest BCUT2D eigenvalue weighted by Crippen LogP contribution is -2.51. The van der Waals surface area contributed by atoms with Crippen LogP contribution in [0.4, 0.5) is 4.39 Å². The summed E-state index contributed by atoms with van der Waals surface area (Å²) >= 11 is 0. The van der Waals surface area contributed by atoms with Crippen LogP contribution in [0.1, 0.15) is 22.3 Å². The van der Waals surface area contributed by atoms with Crippen LogP contribution in [0.5, 0.6) is 11.5 Å². The number of ether oxygens (including phenoxy) is 2. The molecule has 0 spiro atoms. The number of carbonyl (C=O) groups excluding carboxylic acids is 1. The van der Waals surface area contributed by atoms with Crippen molar-refractivity contribution in [2.24, 2.45) is 0 Å². The molecule has 0 bridgehead atoms. The zero-order valence-corrected chi connectivity index (χ0v) is 19.0. The van der Waals surface area contributed by atoms with Crippen molar-refractivity contribution in [1.82, 2.24) is 20.4 Å². The van der Waals surface area contributed by atoms with E-state index < -0.39 is 30.1 Å². The number of methoxy groups -OCH3 is 1. The smallest absolute Gasteiger partial charge is 0.253 e. The zero-order valence-electron chi connectivity index (χ0n) is 19.0. The highest BCUT2D eigenvalue weighted by Crippen LogP contribution is 2.30. The van der Waals surface area contributed by atoms with Gasteiger partial charge in [-0.1, -0.05) is 18.2 Å². The third-order valence-electron chi connectivity index (χ3n) is 5.98. The molecule has 178 valence electrons. The number of hydrogen-bond donors (Lipinski definition) is 2. The fraction of sp³-hybridized carbons (Fsp3) is 0.320. The number of aliphatic hydroxyl groups excluding tert-OH is 1. The Morgan fingerprint density at radius 2 is 1.97 bits per heavy atom. The Hall–Kier alpha value is -3.56. The molecule has 0 radical (unpaired) electrons. The number of halogens is 1. The topological polar surface area (TPSA) is 96.8 Å². The standard InChI is InChI=1S/C25H27FN4O4/c1-30(15-16-6-8-19(33-2)9-7-16)23-21(29-25(32)17-10-11-27-28-14-17)13-22(24(23)31)34-20-5-3-4-18(26)12-20/h3-12,14,21-24,31H,13,15H2,1-2H3,(H,29,32)/t21-,22-,23+,24+/m1/s1. The van der Waals surface area contributed by atoms with E-state index in [0.29, 0.717) is 24.3 Å². The molecule has 1 aliphatic carbocycles. The Morgan fingerprint density at radius 3 is 2.65 bits per heavy atom. The van der Waals surface area contributed by atoms with Gasteiger partial charge in [0.2, 0.25) is 0 Å². The van der Waals surface area contributed by atoms with E-state index in [-0.39, 0.29) is 5.91 Å². The van der Waals surface area contributed by atoms with Crippen molar-refractivity contribution in [3.05, 3.63) is 83.9 Å². The van der Waals surface area contributed by atoms with Crippen molar-refractivity contribution in [3.63, 3.8) is 0 Å². The molecule has 34 heavy (non-hydrogen) atoms. The van der Waals surface area contributed by atoms with Gasteiger partial charge >= 0.3 is 0 Å². The van der Waals surface area contributed by atoms with Gasteiger partial charge in [-0.2, -0.15) is 10.2 Å². The van der Waals surface area contributed by atoms with Crippen molar-refractivity contribution >= 4 is 5.91 Å². The molecule has 1 amide bonds. The first-order valence-electron chi connectivity index (χ1n) is 11.0. The van der Waals surface area contributed by atoms with Gasteiger partial charge in [-0.25, -0.2) is 4.39 Å². The first-order chi connectivity index (χ1) is 16.4. The summed E-state index contributed by atoms with van der Waals surface area (Å²) in [5.74, 6) is 0.340. The molecule has 1 aromatic heterocycles. The van der Waals surface area contributed by atoms with E-state index >= 15 is 0 Å². The van der Waals surface area contributed by atoms with Crippen molar-refractivity contribution in [2.75, 3.05) is 14.2 Å². The van der Waals surface area contributed by atoms with Gasteiger partial charge in [0.25, 0.3) is 5.91 Å². The van der Waals surface area contributed by atoms with Crippen LogP contribution in [0.15, 0.2) is 67.0 Å². The van der Waals surface area contributed by atoms with E-state index in [1.54, 1.807) is 25.3 Å². The second-order valence-electron chi connectivity index (χ2n) is 8.30. The molecular weight excluding hydrogens is 439 g/mol. The van der Waals surface area contributed by atoms with E-state index in [2.05, 4.69) is 15.5 Å². The van der Waals surface area contributed by atoms with Crippen molar-refractivity contribution < 1.29 is 23.8 Å². The highest BCUT2D eigenvalue weighted by molar-refractivity contribution is 5.94. The van der Waals surface area contributed by atoms with E-state index in [1.165, 1.54) is 24.5 Å². The lowest BCUT2D eigenvalue weighted by Gasteiger charge is -2.32. The summed E-state index contributed by atoms with van der Waals surface area (Å²) in [4.78, 5) is 14.8. The Bertz CT molecular complexity index is 1100. The van der Waals surface area contributed by atoms with E-state index in [4.69, 9.17) is 9.47 Å². The number of benzene rings is 2. The van der Waals surface area contributed by atoms with Crippen LogP contribution in [-0.4, -0.2) is 64.6 Å². The molecule has 1 aliphatic rings. The minimum Gasteiger partial charge on any atom is -0.497 e. The van der Waals surface area contributed by atoms with E-state index in [0.717, 1.165) is 11.3 Å². The third-order valence-corrected chi connectivity index (χ3v) is 5.98. The quantitative estimate of drug-likeness (QED) is 0.526. The maximum Gasteiger partial charge on any atom is 0.253 e. The molecule has 0 unspecified atom stereocenters. The van der Waals surface area contributed by atoms with Gasteiger partial charge in [0.05, 0.1) is 37.2 Å². The number of aromatic nitrogens is 2. The van der Waals surface area contributed by atoms with Crippen LogP contribution >= 0.6 is 0 Å². The number of nitrogens with zero attached hydrogens (tertiary/aromatic N) is 3. The number of rotatable bonds is 8. The summed E-state index contributed by atoms with van der Waals surface area (Å²) in [6.07, 6.45) is 1.62. The van der Waals surface area contributed by atoms with Crippen LogP contribution in [0, 0.1) is 5.82 Å². The Kier molecular flexibility index (Phi) is 7.34. The molecule has 8 nitrogen and oxygen atoms in total. The molecule has 0 aliphatic heterocycles. The third kappa shape index (κ3) is 5.49. The SMILES string of the molecule is COc1ccc(CN(C)[C@@H]2[C@@H](O)[C@H](Oc3cccc(F)c3)C[C@H]2NC(=O)c2ccnnc2)cc1. The summed E-state index contributed by atoms with van der Waals surface area (Å²) in [7, 11) is 3.50. The first kappa shape index (κ1) is 23.6. The number of aliphatic hydroxyl groups is 1. The van der Waals surface area contributed by atoms with Crippen LogP contribution in [0.3, 0.4) is 0 Å². The summed E-state index contributed by atoms with van der Waals surface area (Å²) in [6, 6.07) is 14.2. The summed E-state index contributed by atoms with van der Waals surface area (Å²) in [5.41, 5.74) is 1.39. The Labute approximate surface area is 197 Å². The maximum absolute atomic E-state index is 13.6.